The number of hydrogen-bond donors (Lipinski definition) is 0. The molecule has 0 bridgehead atoms. The molecule has 0 atom stereocenters. The number of carbonyl (C=O) groups excluding carboxylic acids is 1. The molecule has 3 rings (SSSR count). The number of aromatic nitrogens is 1. The van der Waals surface area contributed by atoms with E-state index in [-0.39, 0.29) is 5.78 Å². The summed E-state index contributed by atoms with van der Waals surface area (Å²) in [5, 5.41) is 0. The van der Waals surface area contributed by atoms with E-state index in [0.717, 1.165) is 5.69 Å². The number of carbonyl (C=O) groups is 1. The van der Waals surface area contributed by atoms with Crippen LogP contribution in [0.1, 0.15) is 34.9 Å². The number of hydrogen-bond acceptors (Lipinski definition) is 2. The molecule has 102 valence electrons. The molecule has 0 spiro atoms. The van der Waals surface area contributed by atoms with Gasteiger partial charge >= 0.3 is 0 Å². The van der Waals surface area contributed by atoms with Gasteiger partial charge in [0.2, 0.25) is 0 Å². The highest BCUT2D eigenvalue weighted by Gasteiger charge is 2.23. The molecule has 0 N–H and O–H groups in total. The Morgan fingerprint density at radius 1 is 1.30 bits per heavy atom. The molecule has 3 nitrogen and oxygen atoms in total. The van der Waals surface area contributed by atoms with Crippen LogP contribution in [0.4, 0.5) is 0 Å². The van der Waals surface area contributed by atoms with Crippen molar-refractivity contribution in [2.24, 2.45) is 0 Å². The third-order valence-corrected chi connectivity index (χ3v) is 3.51. The van der Waals surface area contributed by atoms with E-state index in [1.54, 1.807) is 25.3 Å². The zero-order valence-electron chi connectivity index (χ0n) is 11.5. The smallest absolute Gasteiger partial charge is 0.186 e. The molecule has 0 unspecified atom stereocenters. The maximum atomic E-state index is 12.2. The first-order chi connectivity index (χ1) is 9.78. The Morgan fingerprint density at radius 3 is 2.90 bits per heavy atom. The SMILES string of the molecule is COc1cccc(C(=O)/C=C/c2cccn2C2CC2)c1. The minimum Gasteiger partial charge on any atom is -0.497 e. The van der Waals surface area contributed by atoms with Crippen LogP contribution in [0.3, 0.4) is 0 Å². The molecular weight excluding hydrogens is 250 g/mol. The number of nitrogens with zero attached hydrogens (tertiary/aromatic N) is 1. The first-order valence-corrected chi connectivity index (χ1v) is 6.81. The Balaban J connectivity index is 1.77. The summed E-state index contributed by atoms with van der Waals surface area (Å²) in [6, 6.07) is 11.9. The number of methoxy groups -OCH3 is 1. The zero-order chi connectivity index (χ0) is 13.9. The summed E-state index contributed by atoms with van der Waals surface area (Å²) in [7, 11) is 1.60. The van der Waals surface area contributed by atoms with Crippen molar-refractivity contribution in [3.05, 3.63) is 59.9 Å². The summed E-state index contributed by atoms with van der Waals surface area (Å²) in [5.74, 6) is 0.693. The number of ether oxygens (including phenoxy) is 1. The first kappa shape index (κ1) is 12.7. The molecular formula is C17H17NO2. The topological polar surface area (TPSA) is 31.2 Å². The maximum absolute atomic E-state index is 12.2. The zero-order valence-corrected chi connectivity index (χ0v) is 11.5. The van der Waals surface area contributed by atoms with Crippen LogP contribution in [0.5, 0.6) is 5.75 Å². The number of benzene rings is 1. The summed E-state index contributed by atoms with van der Waals surface area (Å²) in [6.45, 7) is 0. The second-order valence-electron chi connectivity index (χ2n) is 5.00. The van der Waals surface area contributed by atoms with E-state index in [2.05, 4.69) is 10.8 Å². The summed E-state index contributed by atoms with van der Waals surface area (Å²) in [4.78, 5) is 12.2. The minimum absolute atomic E-state index is 0.00699. The van der Waals surface area contributed by atoms with Crippen molar-refractivity contribution in [1.29, 1.82) is 0 Å². The van der Waals surface area contributed by atoms with Crippen LogP contribution in [0.2, 0.25) is 0 Å². The predicted octanol–water partition coefficient (Wildman–Crippen LogP) is 3.73. The summed E-state index contributed by atoms with van der Waals surface area (Å²) in [6.07, 6.45) is 8.06. The third kappa shape index (κ3) is 2.67. The fourth-order valence-electron chi connectivity index (χ4n) is 2.27. The van der Waals surface area contributed by atoms with E-state index in [4.69, 9.17) is 4.74 Å². The fourth-order valence-corrected chi connectivity index (χ4v) is 2.27. The largest absolute Gasteiger partial charge is 0.497 e. The second-order valence-corrected chi connectivity index (χ2v) is 5.00. The van der Waals surface area contributed by atoms with E-state index >= 15 is 0 Å². The Kier molecular flexibility index (Phi) is 3.42. The Bertz CT molecular complexity index is 651. The highest BCUT2D eigenvalue weighted by Crippen LogP contribution is 2.36. The van der Waals surface area contributed by atoms with E-state index < -0.39 is 0 Å². The van der Waals surface area contributed by atoms with Gasteiger partial charge in [0.15, 0.2) is 5.78 Å². The molecule has 1 aliphatic rings. The Labute approximate surface area is 118 Å². The van der Waals surface area contributed by atoms with E-state index in [0.29, 0.717) is 17.4 Å². The highest BCUT2D eigenvalue weighted by atomic mass is 16.5. The van der Waals surface area contributed by atoms with E-state index in [1.807, 2.05) is 30.3 Å². The van der Waals surface area contributed by atoms with Crippen LogP contribution in [-0.4, -0.2) is 17.5 Å². The van der Waals surface area contributed by atoms with Crippen LogP contribution in [0.15, 0.2) is 48.7 Å². The van der Waals surface area contributed by atoms with Crippen molar-refractivity contribution in [1.82, 2.24) is 4.57 Å². The lowest BCUT2D eigenvalue weighted by molar-refractivity contribution is 0.104. The second kappa shape index (κ2) is 5.37. The van der Waals surface area contributed by atoms with Crippen LogP contribution in [0.25, 0.3) is 6.08 Å². The average Bonchev–Trinajstić information content (AvgIpc) is 3.23. The molecule has 0 radical (unpaired) electrons. The van der Waals surface area contributed by atoms with Gasteiger partial charge in [0.05, 0.1) is 7.11 Å². The molecule has 0 amide bonds. The van der Waals surface area contributed by atoms with Crippen LogP contribution in [0, 0.1) is 0 Å². The van der Waals surface area contributed by atoms with Gasteiger partial charge in [0, 0.05) is 23.5 Å². The molecule has 3 heteroatoms. The van der Waals surface area contributed by atoms with Crippen molar-refractivity contribution < 1.29 is 9.53 Å². The molecule has 0 aliphatic heterocycles. The molecule has 1 aromatic carbocycles. The normalized spacial score (nSPS) is 14.7. The van der Waals surface area contributed by atoms with Gasteiger partial charge in [-0.05, 0) is 49.3 Å². The molecule has 1 aromatic heterocycles. The van der Waals surface area contributed by atoms with Crippen LogP contribution >= 0.6 is 0 Å². The molecule has 1 fully saturated rings. The van der Waals surface area contributed by atoms with Gasteiger partial charge in [-0.1, -0.05) is 12.1 Å². The molecule has 0 saturated heterocycles. The molecule has 2 aromatic rings. The summed E-state index contributed by atoms with van der Waals surface area (Å²) < 4.78 is 7.37. The molecule has 20 heavy (non-hydrogen) atoms. The number of ketones is 1. The average molecular weight is 267 g/mol. The van der Waals surface area contributed by atoms with Crippen molar-refractivity contribution in [2.45, 2.75) is 18.9 Å². The van der Waals surface area contributed by atoms with Gasteiger partial charge in [-0.25, -0.2) is 0 Å². The predicted molar refractivity (Wildman–Crippen MR) is 79.1 cm³/mol. The van der Waals surface area contributed by atoms with Crippen molar-refractivity contribution in [3.63, 3.8) is 0 Å². The van der Waals surface area contributed by atoms with E-state index in [9.17, 15) is 4.79 Å². The third-order valence-electron chi connectivity index (χ3n) is 3.51. The lowest BCUT2D eigenvalue weighted by atomic mass is 10.1. The lowest BCUT2D eigenvalue weighted by Gasteiger charge is -2.03. The molecule has 1 heterocycles. The number of allylic oxidation sites excluding steroid dienone is 1. The van der Waals surface area contributed by atoms with E-state index in [1.165, 1.54) is 12.8 Å². The Hall–Kier alpha value is -2.29. The minimum atomic E-state index is -0.00699. The summed E-state index contributed by atoms with van der Waals surface area (Å²) >= 11 is 0. The highest BCUT2D eigenvalue weighted by molar-refractivity contribution is 6.06. The van der Waals surface area contributed by atoms with Crippen molar-refractivity contribution >= 4 is 11.9 Å². The first-order valence-electron chi connectivity index (χ1n) is 6.81. The quantitative estimate of drug-likeness (QED) is 0.610. The summed E-state index contributed by atoms with van der Waals surface area (Å²) in [5.41, 5.74) is 1.73. The van der Waals surface area contributed by atoms with Crippen molar-refractivity contribution in [2.75, 3.05) is 7.11 Å². The maximum Gasteiger partial charge on any atom is 0.186 e. The van der Waals surface area contributed by atoms with Crippen LogP contribution < -0.4 is 4.74 Å². The number of rotatable bonds is 5. The van der Waals surface area contributed by atoms with Gasteiger partial charge in [-0.3, -0.25) is 4.79 Å². The fraction of sp³-hybridized carbons (Fsp3) is 0.235. The van der Waals surface area contributed by atoms with Gasteiger partial charge in [0.1, 0.15) is 5.75 Å². The lowest BCUT2D eigenvalue weighted by Crippen LogP contribution is -1.97. The molecule has 1 aliphatic carbocycles. The van der Waals surface area contributed by atoms with Gasteiger partial charge in [-0.15, -0.1) is 0 Å². The molecule has 1 saturated carbocycles. The van der Waals surface area contributed by atoms with Crippen LogP contribution in [-0.2, 0) is 0 Å². The standard InChI is InChI=1S/C17H17NO2/c1-20-16-6-2-4-13(12-16)17(19)10-9-14-5-3-11-18(14)15-7-8-15/h2-6,9-12,15H,7-8H2,1H3/b10-9+. The van der Waals surface area contributed by atoms with Gasteiger partial charge in [-0.2, -0.15) is 0 Å². The Morgan fingerprint density at radius 2 is 2.15 bits per heavy atom. The van der Waals surface area contributed by atoms with Gasteiger partial charge < -0.3 is 9.30 Å². The van der Waals surface area contributed by atoms with Crippen molar-refractivity contribution in [3.8, 4) is 5.75 Å². The van der Waals surface area contributed by atoms with Gasteiger partial charge in [0.25, 0.3) is 0 Å². The monoisotopic (exact) mass is 267 g/mol.